The van der Waals surface area contributed by atoms with Gasteiger partial charge in [0.05, 0.1) is 30.9 Å². The van der Waals surface area contributed by atoms with Gasteiger partial charge in [0.1, 0.15) is 54.9 Å². The van der Waals surface area contributed by atoms with Crippen LogP contribution in [0, 0.1) is 0 Å². The predicted octanol–water partition coefficient (Wildman–Crippen LogP) is -7.87. The molecule has 240 valence electrons. The summed E-state index contributed by atoms with van der Waals surface area (Å²) in [5.74, 6) is 0. The highest BCUT2D eigenvalue weighted by Gasteiger charge is 2.51. The van der Waals surface area contributed by atoms with E-state index in [2.05, 4.69) is 0 Å². The molecule has 3 aliphatic heterocycles. The monoisotopic (exact) mass is 598 g/mol. The van der Waals surface area contributed by atoms with Crippen LogP contribution in [0.15, 0.2) is 0 Å². The highest BCUT2D eigenvalue weighted by molar-refractivity contribution is 5.01. The van der Waals surface area contributed by atoms with E-state index in [1.54, 1.807) is 0 Å². The Morgan fingerprint density at radius 3 is 1.63 bits per heavy atom. The molecule has 0 amide bonds. The number of ether oxygens (including phenoxy) is 6. The maximum atomic E-state index is 11.0. The van der Waals surface area contributed by atoms with Gasteiger partial charge >= 0.3 is 0 Å². The SMILES string of the molecule is NCC1O[C@H](O[C@@H]2C(N)C[C@@H](N)C(O)[C@H]2O[C@H]2C[C@@H](OC3O[C@@H](CN)[C@H](O)C(O)[C@H]3N)[C@@H](CO)O2)C(N)[C@@H](O)[C@@H]1O. The number of aliphatic hydroxyl groups is 6. The summed E-state index contributed by atoms with van der Waals surface area (Å²) in [5, 5.41) is 61.8. The van der Waals surface area contributed by atoms with Gasteiger partial charge in [-0.15, -0.1) is 0 Å². The molecule has 18 nitrogen and oxygen atoms in total. The van der Waals surface area contributed by atoms with Crippen molar-refractivity contribution in [3.05, 3.63) is 0 Å². The van der Waals surface area contributed by atoms with Crippen LogP contribution in [-0.2, 0) is 28.4 Å². The normalized spacial score (nSPS) is 53.0. The molecule has 18 N–H and O–H groups in total. The van der Waals surface area contributed by atoms with Gasteiger partial charge in [-0.05, 0) is 6.42 Å². The maximum Gasteiger partial charge on any atom is 0.176 e. The lowest BCUT2D eigenvalue weighted by atomic mass is 9.84. The standard InChI is InChI=1S/C23H46N6O12/c24-3-9-16(32)18(34)13(28)22(38-9)37-8-2-12(36-11(8)5-30)40-21-15(31)6(26)1-7(27)20(21)41-23-14(29)19(35)17(33)10(4-25)39-23/h6-23,30-35H,1-5,24-29H2/t6-,7?,8-,9+,10?,11-,12+,13-,14?,15?,16+,17-,18?,19-,20-,21-,22?,23-/m1/s1. The van der Waals surface area contributed by atoms with E-state index in [1.165, 1.54) is 0 Å². The Morgan fingerprint density at radius 2 is 1.12 bits per heavy atom. The molecule has 3 saturated heterocycles. The molecule has 3 heterocycles. The summed E-state index contributed by atoms with van der Waals surface area (Å²) in [6, 6.07) is -3.83. The van der Waals surface area contributed by atoms with Crippen LogP contribution in [0.3, 0.4) is 0 Å². The highest BCUT2D eigenvalue weighted by Crippen LogP contribution is 2.34. The molecule has 4 aliphatic rings. The number of rotatable bonds is 9. The molecule has 0 bridgehead atoms. The Balaban J connectivity index is 1.45. The molecule has 6 unspecified atom stereocenters. The zero-order valence-electron chi connectivity index (χ0n) is 22.5. The van der Waals surface area contributed by atoms with Crippen LogP contribution in [0.25, 0.3) is 0 Å². The topological polar surface area (TPSA) is 333 Å². The van der Waals surface area contributed by atoms with Gasteiger partial charge in [0.25, 0.3) is 0 Å². The third kappa shape index (κ3) is 6.85. The first-order valence-electron chi connectivity index (χ1n) is 13.8. The third-order valence-corrected chi connectivity index (χ3v) is 8.28. The minimum atomic E-state index is -1.40. The maximum absolute atomic E-state index is 11.0. The molecule has 0 aromatic heterocycles. The van der Waals surface area contributed by atoms with Crippen molar-refractivity contribution in [3.8, 4) is 0 Å². The Morgan fingerprint density at radius 1 is 0.585 bits per heavy atom. The van der Waals surface area contributed by atoms with Gasteiger partial charge in [-0.3, -0.25) is 0 Å². The number of nitrogens with two attached hydrogens (primary N) is 6. The van der Waals surface area contributed by atoms with Gasteiger partial charge in [0.15, 0.2) is 18.9 Å². The van der Waals surface area contributed by atoms with Crippen LogP contribution in [0.1, 0.15) is 12.8 Å². The molecular formula is C23H46N6O12. The van der Waals surface area contributed by atoms with Gasteiger partial charge < -0.3 is 93.5 Å². The minimum Gasteiger partial charge on any atom is -0.394 e. The number of hydrogen-bond donors (Lipinski definition) is 12. The zero-order valence-corrected chi connectivity index (χ0v) is 22.5. The molecule has 0 aromatic rings. The van der Waals surface area contributed by atoms with Crippen LogP contribution < -0.4 is 34.4 Å². The molecule has 1 aliphatic carbocycles. The summed E-state index contributed by atoms with van der Waals surface area (Å²) in [6.45, 7) is -0.695. The lowest BCUT2D eigenvalue weighted by Crippen LogP contribution is -2.68. The summed E-state index contributed by atoms with van der Waals surface area (Å²) >= 11 is 0. The summed E-state index contributed by atoms with van der Waals surface area (Å²) in [7, 11) is 0. The quantitative estimate of drug-likeness (QED) is 0.117. The molecule has 4 rings (SSSR count). The Bertz CT molecular complexity index is 836. The first-order valence-corrected chi connectivity index (χ1v) is 13.8. The summed E-state index contributed by atoms with van der Waals surface area (Å²) in [5.41, 5.74) is 35.8. The van der Waals surface area contributed by atoms with Crippen molar-refractivity contribution in [3.63, 3.8) is 0 Å². The minimum absolute atomic E-state index is 0.0315. The van der Waals surface area contributed by atoms with Crippen LogP contribution in [0.2, 0.25) is 0 Å². The van der Waals surface area contributed by atoms with Crippen molar-refractivity contribution >= 4 is 0 Å². The van der Waals surface area contributed by atoms with Crippen molar-refractivity contribution < 1.29 is 59.1 Å². The number of aliphatic hydroxyl groups excluding tert-OH is 6. The zero-order chi connectivity index (χ0) is 30.2. The Labute approximate surface area is 236 Å². The van der Waals surface area contributed by atoms with Crippen molar-refractivity contribution in [2.24, 2.45) is 34.4 Å². The molecule has 4 fully saturated rings. The van der Waals surface area contributed by atoms with E-state index in [-0.39, 0.29) is 25.9 Å². The fraction of sp³-hybridized carbons (Fsp3) is 1.00. The van der Waals surface area contributed by atoms with Crippen LogP contribution in [0.5, 0.6) is 0 Å². The molecule has 41 heavy (non-hydrogen) atoms. The van der Waals surface area contributed by atoms with E-state index in [4.69, 9.17) is 62.8 Å². The van der Waals surface area contributed by atoms with E-state index in [0.29, 0.717) is 0 Å². The Hall–Kier alpha value is -0.720. The second-order valence-corrected chi connectivity index (χ2v) is 11.1. The molecule has 0 radical (unpaired) electrons. The average molecular weight is 599 g/mol. The van der Waals surface area contributed by atoms with Gasteiger partial charge in [-0.1, -0.05) is 0 Å². The molecule has 0 spiro atoms. The van der Waals surface area contributed by atoms with E-state index in [9.17, 15) is 30.6 Å². The third-order valence-electron chi connectivity index (χ3n) is 8.28. The summed E-state index contributed by atoms with van der Waals surface area (Å²) in [6.07, 6.45) is -15.8. The van der Waals surface area contributed by atoms with Crippen LogP contribution in [0.4, 0.5) is 0 Å². The lowest BCUT2D eigenvalue weighted by molar-refractivity contribution is -0.302. The van der Waals surface area contributed by atoms with Crippen molar-refractivity contribution in [1.82, 2.24) is 0 Å². The van der Waals surface area contributed by atoms with Crippen LogP contribution >= 0.6 is 0 Å². The molecule has 1 saturated carbocycles. The van der Waals surface area contributed by atoms with Gasteiger partial charge in [-0.2, -0.15) is 0 Å². The first kappa shape index (κ1) is 33.2. The van der Waals surface area contributed by atoms with Crippen molar-refractivity contribution in [1.29, 1.82) is 0 Å². The Kier molecular flexibility index (Phi) is 11.3. The lowest BCUT2D eigenvalue weighted by Gasteiger charge is -2.47. The predicted molar refractivity (Wildman–Crippen MR) is 137 cm³/mol. The fourth-order valence-corrected chi connectivity index (χ4v) is 5.72. The van der Waals surface area contributed by atoms with Crippen molar-refractivity contribution in [2.45, 2.75) is 123 Å². The molecule has 18 atom stereocenters. The van der Waals surface area contributed by atoms with Gasteiger partial charge in [0, 0.05) is 31.6 Å². The number of hydrogen-bond acceptors (Lipinski definition) is 18. The van der Waals surface area contributed by atoms with Crippen LogP contribution in [-0.4, -0.2) is 161 Å². The summed E-state index contributed by atoms with van der Waals surface area (Å²) in [4.78, 5) is 0. The largest absolute Gasteiger partial charge is 0.394 e. The molecule has 0 aromatic carbocycles. The molecular weight excluding hydrogens is 552 g/mol. The smallest absolute Gasteiger partial charge is 0.176 e. The highest BCUT2D eigenvalue weighted by atomic mass is 16.7. The van der Waals surface area contributed by atoms with Gasteiger partial charge in [-0.25, -0.2) is 0 Å². The second kappa shape index (κ2) is 13.9. The average Bonchev–Trinajstić information content (AvgIpc) is 3.34. The van der Waals surface area contributed by atoms with Crippen molar-refractivity contribution in [2.75, 3.05) is 19.7 Å². The van der Waals surface area contributed by atoms with Gasteiger partial charge in [0.2, 0.25) is 0 Å². The molecule has 18 heteroatoms. The van der Waals surface area contributed by atoms with E-state index >= 15 is 0 Å². The first-order chi connectivity index (χ1) is 19.4. The van der Waals surface area contributed by atoms with E-state index < -0.39 is 117 Å². The summed E-state index contributed by atoms with van der Waals surface area (Å²) < 4.78 is 35.2. The second-order valence-electron chi connectivity index (χ2n) is 11.1. The fourth-order valence-electron chi connectivity index (χ4n) is 5.72. The van der Waals surface area contributed by atoms with E-state index in [1.807, 2.05) is 0 Å². The van der Waals surface area contributed by atoms with E-state index in [0.717, 1.165) is 0 Å².